The highest BCUT2D eigenvalue weighted by Gasteiger charge is 2.24. The molecule has 750 valence electrons. The summed E-state index contributed by atoms with van der Waals surface area (Å²) in [6, 6.07) is 8.19. The van der Waals surface area contributed by atoms with Gasteiger partial charge in [-0.05, 0) is 177 Å². The van der Waals surface area contributed by atoms with Crippen molar-refractivity contribution in [2.75, 3.05) is 107 Å². The number of aromatic amines is 1. The zero-order chi connectivity index (χ0) is 94.4. The van der Waals surface area contributed by atoms with E-state index in [1.54, 1.807) is 0 Å². The normalized spacial score (nSPS) is 13.0. The topological polar surface area (TPSA) is 83.9 Å². The zero-order valence-corrected chi connectivity index (χ0v) is 91.5. The highest BCUT2D eigenvalue weighted by Crippen LogP contribution is 2.16. The average Bonchev–Trinajstić information content (AvgIpc) is 1.76. The van der Waals surface area contributed by atoms with Crippen molar-refractivity contribution in [3.05, 3.63) is 36.2 Å². The van der Waals surface area contributed by atoms with Gasteiger partial charge in [-0.25, -0.2) is 10.0 Å². The van der Waals surface area contributed by atoms with Crippen LogP contribution < -0.4 is 0 Å². The van der Waals surface area contributed by atoms with Crippen molar-refractivity contribution in [1.29, 1.82) is 0 Å². The lowest BCUT2D eigenvalue weighted by Crippen LogP contribution is -2.38. The molecule has 0 aliphatic carbocycles. The third-order valence-corrected chi connectivity index (χ3v) is 12.1. The number of nitrogens with zero attached hydrogens (tertiary/aromatic N) is 11. The Morgan fingerprint density at radius 2 is 0.483 bits per heavy atom. The first-order valence-electron chi connectivity index (χ1n) is 48.0. The summed E-state index contributed by atoms with van der Waals surface area (Å²) in [5, 5.41) is 8.56. The van der Waals surface area contributed by atoms with E-state index in [0.29, 0.717) is 30.0 Å². The molecule has 1 N–H and O–H groups in total. The predicted molar refractivity (Wildman–Crippen MR) is 577 cm³/mol. The number of H-pyrrole nitrogens is 1. The van der Waals surface area contributed by atoms with Crippen LogP contribution in [0.5, 0.6) is 0 Å². The average molecular weight is 1710 g/mol. The van der Waals surface area contributed by atoms with E-state index in [-0.39, 0.29) is 44.6 Å². The molecule has 118 heavy (non-hydrogen) atoms. The van der Waals surface area contributed by atoms with Gasteiger partial charge in [0.25, 0.3) is 0 Å². The smallest absolute Gasteiger partial charge is 0.229 e. The van der Waals surface area contributed by atoms with Gasteiger partial charge in [0, 0.05) is 120 Å². The summed E-state index contributed by atoms with van der Waals surface area (Å²) < 4.78 is 5.03. The molecule has 5 fully saturated rings. The second-order valence-electron chi connectivity index (χ2n) is 30.6. The molecular weight excluding hydrogens is 1450 g/mol. The SMILES string of the molecule is C.C.C.C.C.C.CC.CC.CC.CC.CC.CC.CC.CC.CC.CC.CC.CC.CC.CC(C)C.CC(C)C.CC(C)C.CC(C)C.CC(C)C.CC(C)C.CC(C)N1CCCC1.CC(C)N1CCCN1C.CC(C)N1CCN(C(C)C)C1.CC(C)N1CCN(C)C1.CC(C)N1CCN(C)C1.CC(C)c1noc(C(C)C)n1.c1cc[nH]c1. The Kier molecular flexibility index (Phi) is 250. The number of hydrogen-bond donors (Lipinski definition) is 1. The van der Waals surface area contributed by atoms with E-state index in [2.05, 4.69) is 302 Å². The minimum atomic E-state index is 0. The number of likely N-dealkylation sites (N-methyl/N-ethyl adjacent to an activating group) is 2. The maximum absolute atomic E-state index is 5.03. The van der Waals surface area contributed by atoms with Crippen molar-refractivity contribution >= 4 is 0 Å². The minimum absolute atomic E-state index is 0. The van der Waals surface area contributed by atoms with E-state index < -0.39 is 0 Å². The first-order valence-corrected chi connectivity index (χ1v) is 48.0. The molecular formula is C105H264N12O. The van der Waals surface area contributed by atoms with Gasteiger partial charge in [0.2, 0.25) is 5.89 Å². The van der Waals surface area contributed by atoms with E-state index in [9.17, 15) is 0 Å². The van der Waals surface area contributed by atoms with Crippen molar-refractivity contribution < 1.29 is 4.52 Å². The lowest BCUT2D eigenvalue weighted by molar-refractivity contribution is 0.0242. The van der Waals surface area contributed by atoms with Gasteiger partial charge in [-0.3, -0.25) is 29.4 Å². The molecule has 0 atom stereocenters. The number of nitrogens with one attached hydrogen (secondary N) is 1. The second-order valence-corrected chi connectivity index (χ2v) is 30.6. The Hall–Kier alpha value is -1.94. The van der Waals surface area contributed by atoms with Crippen molar-refractivity contribution in [1.82, 2.24) is 59.4 Å². The van der Waals surface area contributed by atoms with Gasteiger partial charge in [0.1, 0.15) is 0 Å². The van der Waals surface area contributed by atoms with Crippen LogP contribution in [-0.4, -0.2) is 202 Å². The molecule has 0 radical (unpaired) electrons. The van der Waals surface area contributed by atoms with E-state index >= 15 is 0 Å². The lowest BCUT2D eigenvalue weighted by Gasteiger charge is -2.27. The third-order valence-electron chi connectivity index (χ3n) is 12.1. The van der Waals surface area contributed by atoms with Crippen LogP contribution in [0.15, 0.2) is 29.0 Å². The summed E-state index contributed by atoms with van der Waals surface area (Å²) in [4.78, 5) is 24.3. The molecule has 7 rings (SSSR count). The van der Waals surface area contributed by atoms with Gasteiger partial charge in [-0.1, -0.05) is 382 Å². The fourth-order valence-electron chi connectivity index (χ4n) is 7.48. The Morgan fingerprint density at radius 1 is 0.263 bits per heavy atom. The Balaban J connectivity index is -0.0000000340. The standard InChI is InChI=1S/C9H20N2.C8H14N2O.3C7H16N2.C7H15N.C4H5N.6C4H10.13C2H6.6CH4/c1-8(2)10-5-6-11(7-10)9(3)4;1-5(2)7-9-8(6(3)4)11-10-7;2*1-7(2)9-5-4-8(3)6-9;1-7(2)9-6-4-5-8(9)3;1-7(2)8-5-3-4-6-8;1-2-4-5-3-1;6*1-4(2)3;13*1-2;;;;;;/h8-9H,5-7H2,1-4H3;5-6H,1-4H3;3*7H,4-6H2,1-3H3;7H,3-6H2,1-2H3;1-5H;6*4H,1-3H3;13*1-2H3;6*1H4. The van der Waals surface area contributed by atoms with E-state index in [4.69, 9.17) is 4.52 Å². The summed E-state index contributed by atoms with van der Waals surface area (Å²) in [5.74, 6) is 7.21. The maximum Gasteiger partial charge on any atom is 0.229 e. The van der Waals surface area contributed by atoms with Gasteiger partial charge < -0.3 is 14.4 Å². The van der Waals surface area contributed by atoms with Gasteiger partial charge >= 0.3 is 0 Å². The van der Waals surface area contributed by atoms with Gasteiger partial charge in [-0.15, -0.1) is 0 Å². The van der Waals surface area contributed by atoms with Crippen molar-refractivity contribution in [2.45, 2.75) is 527 Å². The molecule has 5 saturated heterocycles. The second kappa shape index (κ2) is 159. The van der Waals surface area contributed by atoms with Gasteiger partial charge in [0.15, 0.2) is 5.82 Å². The molecule has 0 aromatic carbocycles. The van der Waals surface area contributed by atoms with E-state index in [0.717, 1.165) is 85.4 Å². The van der Waals surface area contributed by atoms with Crippen molar-refractivity contribution in [3.8, 4) is 0 Å². The first kappa shape index (κ1) is 185. The Labute approximate surface area is 765 Å². The first-order chi connectivity index (χ1) is 52.5. The third kappa shape index (κ3) is 188. The molecule has 0 spiro atoms. The minimum Gasteiger partial charge on any atom is -0.368 e. The number of aromatic nitrogens is 3. The van der Waals surface area contributed by atoms with Crippen LogP contribution in [0.1, 0.15) is 503 Å². The van der Waals surface area contributed by atoms with E-state index in [1.165, 1.54) is 84.7 Å². The number of rotatable bonds is 8. The highest BCUT2D eigenvalue weighted by atomic mass is 16.5. The highest BCUT2D eigenvalue weighted by molar-refractivity contribution is 4.94. The molecule has 5 aliphatic rings. The molecule has 0 unspecified atom stereocenters. The Bertz CT molecular complexity index is 1460. The molecule has 13 heteroatoms. The number of likely N-dealkylation sites (tertiary alicyclic amines) is 1. The molecule has 2 aromatic heterocycles. The maximum atomic E-state index is 5.03. The fraction of sp³-hybridized carbons (Fsp3) is 0.943. The van der Waals surface area contributed by atoms with Crippen LogP contribution in [0.4, 0.5) is 0 Å². The van der Waals surface area contributed by atoms with Gasteiger partial charge in [-0.2, -0.15) is 4.98 Å². The number of hydrazine groups is 1. The van der Waals surface area contributed by atoms with Crippen LogP contribution in [0.2, 0.25) is 0 Å². The molecule has 0 bridgehead atoms. The molecule has 0 saturated carbocycles. The van der Waals surface area contributed by atoms with Gasteiger partial charge in [0.05, 0.1) is 20.0 Å². The summed E-state index contributed by atoms with van der Waals surface area (Å²) >= 11 is 0. The quantitative estimate of drug-likeness (QED) is 0.273. The fourth-order valence-corrected chi connectivity index (χ4v) is 7.48. The van der Waals surface area contributed by atoms with E-state index in [1.807, 2.05) is 218 Å². The summed E-state index contributed by atoms with van der Waals surface area (Å²) in [5.41, 5.74) is 0. The van der Waals surface area contributed by atoms with Crippen LogP contribution in [-0.2, 0) is 0 Å². The molecule has 13 nitrogen and oxygen atoms in total. The van der Waals surface area contributed by atoms with Crippen molar-refractivity contribution in [3.63, 3.8) is 0 Å². The van der Waals surface area contributed by atoms with Crippen molar-refractivity contribution in [2.24, 2.45) is 35.5 Å². The monoisotopic (exact) mass is 1710 g/mol. The number of hydrogen-bond acceptors (Lipinski definition) is 12. The molecule has 2 aromatic rings. The molecule has 7 heterocycles. The van der Waals surface area contributed by atoms with Crippen LogP contribution >= 0.6 is 0 Å². The van der Waals surface area contributed by atoms with Crippen LogP contribution in [0.25, 0.3) is 0 Å². The zero-order valence-electron chi connectivity index (χ0n) is 91.5. The summed E-state index contributed by atoms with van der Waals surface area (Å²) in [6.45, 7) is 142. The lowest BCUT2D eigenvalue weighted by atomic mass is 10.2. The van der Waals surface area contributed by atoms with Crippen LogP contribution in [0, 0.1) is 35.5 Å². The summed E-state index contributed by atoms with van der Waals surface area (Å²) in [6.07, 6.45) is 7.91. The molecule has 0 amide bonds. The largest absolute Gasteiger partial charge is 0.368 e. The summed E-state index contributed by atoms with van der Waals surface area (Å²) in [7, 11) is 6.50. The Morgan fingerprint density at radius 3 is 0.585 bits per heavy atom. The predicted octanol–water partition coefficient (Wildman–Crippen LogP) is 35.5. The van der Waals surface area contributed by atoms with Crippen LogP contribution in [0.3, 0.4) is 0 Å². The molecule has 5 aliphatic heterocycles.